The highest BCUT2D eigenvalue weighted by atomic mass is 32.1. The van der Waals surface area contributed by atoms with Gasteiger partial charge in [0.2, 0.25) is 0 Å². The fourth-order valence-electron chi connectivity index (χ4n) is 4.06. The lowest BCUT2D eigenvalue weighted by molar-refractivity contribution is -0.141. The molecule has 0 amide bonds. The first-order chi connectivity index (χ1) is 16.0. The number of carbonyl (C=O) groups is 2. The van der Waals surface area contributed by atoms with E-state index in [-0.39, 0.29) is 18.0 Å². The van der Waals surface area contributed by atoms with E-state index in [0.29, 0.717) is 17.1 Å². The van der Waals surface area contributed by atoms with Gasteiger partial charge in [-0.05, 0) is 87.1 Å². The zero-order chi connectivity index (χ0) is 23.6. The average Bonchev–Trinajstić information content (AvgIpc) is 2.80. The molecule has 1 aliphatic carbocycles. The Morgan fingerprint density at radius 1 is 0.909 bits per heavy atom. The molecule has 5 nitrogen and oxygen atoms in total. The predicted octanol–water partition coefficient (Wildman–Crippen LogP) is 6.56. The van der Waals surface area contributed by atoms with E-state index < -0.39 is 5.97 Å². The molecule has 3 rings (SSSR count). The zero-order valence-corrected chi connectivity index (χ0v) is 20.4. The first-order valence-electron chi connectivity index (χ1n) is 11.9. The van der Waals surface area contributed by atoms with Crippen LogP contribution in [0.1, 0.15) is 74.2 Å². The van der Waals surface area contributed by atoms with E-state index in [2.05, 4.69) is 19.6 Å². The number of ether oxygens (including phenoxy) is 3. The molecular formula is C27H34O5S. The molecule has 0 atom stereocenters. The minimum absolute atomic E-state index is 0.0970. The normalized spacial score (nSPS) is 18.0. The summed E-state index contributed by atoms with van der Waals surface area (Å²) in [7, 11) is 0. The Morgan fingerprint density at radius 2 is 1.58 bits per heavy atom. The Kier molecular flexibility index (Phi) is 9.82. The van der Waals surface area contributed by atoms with E-state index in [9.17, 15) is 9.59 Å². The Morgan fingerprint density at radius 3 is 2.21 bits per heavy atom. The van der Waals surface area contributed by atoms with Gasteiger partial charge in [0.05, 0.1) is 17.6 Å². The van der Waals surface area contributed by atoms with Gasteiger partial charge >= 0.3 is 11.9 Å². The topological polar surface area (TPSA) is 61.8 Å². The van der Waals surface area contributed by atoms with Crippen molar-refractivity contribution in [2.24, 2.45) is 5.92 Å². The Balaban J connectivity index is 1.42. The molecule has 0 unspecified atom stereocenters. The second-order valence-electron chi connectivity index (χ2n) is 8.69. The molecule has 0 saturated heterocycles. The molecule has 6 heteroatoms. The van der Waals surface area contributed by atoms with Crippen molar-refractivity contribution >= 4 is 24.6 Å². The fraction of sp³-hybridized carbons (Fsp3) is 0.481. The maximum atomic E-state index is 12.6. The third kappa shape index (κ3) is 7.90. The van der Waals surface area contributed by atoms with Crippen LogP contribution in [0.5, 0.6) is 11.5 Å². The van der Waals surface area contributed by atoms with Crippen LogP contribution in [0.4, 0.5) is 0 Å². The highest BCUT2D eigenvalue weighted by Crippen LogP contribution is 2.29. The number of rotatable bonds is 10. The van der Waals surface area contributed by atoms with Crippen LogP contribution in [0.2, 0.25) is 0 Å². The van der Waals surface area contributed by atoms with E-state index in [4.69, 9.17) is 14.2 Å². The van der Waals surface area contributed by atoms with Gasteiger partial charge in [-0.1, -0.05) is 26.2 Å². The van der Waals surface area contributed by atoms with Crippen LogP contribution in [-0.2, 0) is 9.53 Å². The monoisotopic (exact) mass is 470 g/mol. The molecule has 0 heterocycles. The molecule has 0 bridgehead atoms. The van der Waals surface area contributed by atoms with Crippen molar-refractivity contribution in [1.82, 2.24) is 0 Å². The molecule has 1 saturated carbocycles. The van der Waals surface area contributed by atoms with Gasteiger partial charge in [-0.25, -0.2) is 4.79 Å². The van der Waals surface area contributed by atoms with Crippen molar-refractivity contribution in [3.63, 3.8) is 0 Å². The number of hydrogen-bond donors (Lipinski definition) is 1. The molecular weight excluding hydrogens is 436 g/mol. The second-order valence-corrected chi connectivity index (χ2v) is 9.20. The minimum Gasteiger partial charge on any atom is -0.426 e. The van der Waals surface area contributed by atoms with Crippen molar-refractivity contribution in [3.8, 4) is 11.5 Å². The quantitative estimate of drug-likeness (QED) is 0.184. The van der Waals surface area contributed by atoms with Crippen LogP contribution >= 0.6 is 12.6 Å². The van der Waals surface area contributed by atoms with Crippen LogP contribution < -0.4 is 9.47 Å². The van der Waals surface area contributed by atoms with Crippen LogP contribution in [-0.4, -0.2) is 24.6 Å². The predicted molar refractivity (Wildman–Crippen MR) is 131 cm³/mol. The van der Waals surface area contributed by atoms with Gasteiger partial charge in [0, 0.05) is 11.5 Å². The first kappa shape index (κ1) is 25.3. The van der Waals surface area contributed by atoms with E-state index in [1.807, 2.05) is 13.0 Å². The molecule has 1 fully saturated rings. The maximum absolute atomic E-state index is 12.6. The fourth-order valence-corrected chi connectivity index (χ4v) is 4.33. The number of esters is 2. The van der Waals surface area contributed by atoms with E-state index >= 15 is 0 Å². The Bertz CT molecular complexity index is 917. The summed E-state index contributed by atoms with van der Waals surface area (Å²) in [6.45, 7) is 4.86. The van der Waals surface area contributed by atoms with Gasteiger partial charge in [-0.3, -0.25) is 4.79 Å². The van der Waals surface area contributed by atoms with Gasteiger partial charge in [0.15, 0.2) is 0 Å². The standard InChI is InChI=1S/C27H34O5S/c1-3-4-5-6-17-30-21-9-7-20(8-10-21)26(28)31-22-11-13-23(14-12-22)32-27(29)25-16-15-24(33)18-19(25)2/h11-16,18,20-21,33H,3-10,17H2,1-2H3. The van der Waals surface area contributed by atoms with Crippen molar-refractivity contribution in [2.75, 3.05) is 6.61 Å². The largest absolute Gasteiger partial charge is 0.426 e. The Labute approximate surface area is 202 Å². The molecule has 0 radical (unpaired) electrons. The van der Waals surface area contributed by atoms with E-state index in [1.165, 1.54) is 19.3 Å². The van der Waals surface area contributed by atoms with Gasteiger partial charge in [0.25, 0.3) is 0 Å². The first-order valence-corrected chi connectivity index (χ1v) is 12.4. The van der Waals surface area contributed by atoms with Crippen molar-refractivity contribution < 1.29 is 23.8 Å². The van der Waals surface area contributed by atoms with Crippen LogP contribution in [0.25, 0.3) is 0 Å². The molecule has 0 N–H and O–H groups in total. The molecule has 2 aromatic carbocycles. The molecule has 1 aliphatic rings. The maximum Gasteiger partial charge on any atom is 0.343 e. The third-order valence-corrected chi connectivity index (χ3v) is 6.32. The van der Waals surface area contributed by atoms with Crippen LogP contribution in [0, 0.1) is 12.8 Å². The summed E-state index contributed by atoms with van der Waals surface area (Å²) in [5.74, 6) is 0.106. The lowest BCUT2D eigenvalue weighted by Gasteiger charge is -2.27. The van der Waals surface area contributed by atoms with Gasteiger partial charge < -0.3 is 14.2 Å². The number of carbonyl (C=O) groups excluding carboxylic acids is 2. The summed E-state index contributed by atoms with van der Waals surface area (Å²) >= 11 is 4.27. The lowest BCUT2D eigenvalue weighted by atomic mass is 9.87. The number of benzene rings is 2. The molecule has 178 valence electrons. The number of thiol groups is 1. The summed E-state index contributed by atoms with van der Waals surface area (Å²) in [6, 6.07) is 11.8. The summed E-state index contributed by atoms with van der Waals surface area (Å²) in [4.78, 5) is 25.8. The van der Waals surface area contributed by atoms with Gasteiger partial charge in [-0.15, -0.1) is 12.6 Å². The molecule has 2 aromatic rings. The number of aryl methyl sites for hydroxylation is 1. The minimum atomic E-state index is -0.435. The highest BCUT2D eigenvalue weighted by Gasteiger charge is 2.28. The summed E-state index contributed by atoms with van der Waals surface area (Å²) in [5, 5.41) is 0. The van der Waals surface area contributed by atoms with E-state index in [1.54, 1.807) is 36.4 Å². The highest BCUT2D eigenvalue weighted by molar-refractivity contribution is 7.80. The zero-order valence-electron chi connectivity index (χ0n) is 19.5. The summed E-state index contributed by atoms with van der Waals surface area (Å²) in [5.41, 5.74) is 1.29. The van der Waals surface area contributed by atoms with Gasteiger partial charge in [-0.2, -0.15) is 0 Å². The van der Waals surface area contributed by atoms with Crippen molar-refractivity contribution in [1.29, 1.82) is 0 Å². The average molecular weight is 471 g/mol. The van der Waals surface area contributed by atoms with Crippen molar-refractivity contribution in [3.05, 3.63) is 53.6 Å². The Hall–Kier alpha value is -2.31. The number of hydrogen-bond acceptors (Lipinski definition) is 6. The van der Waals surface area contributed by atoms with Crippen LogP contribution in [0.15, 0.2) is 47.4 Å². The molecule has 33 heavy (non-hydrogen) atoms. The molecule has 0 aliphatic heterocycles. The van der Waals surface area contributed by atoms with Crippen molar-refractivity contribution in [2.45, 2.75) is 76.2 Å². The number of unbranched alkanes of at least 4 members (excludes halogenated alkanes) is 3. The third-order valence-electron chi connectivity index (χ3n) is 6.04. The smallest absolute Gasteiger partial charge is 0.343 e. The lowest BCUT2D eigenvalue weighted by Crippen LogP contribution is -2.29. The second kappa shape index (κ2) is 12.8. The summed E-state index contributed by atoms with van der Waals surface area (Å²) in [6.07, 6.45) is 8.46. The van der Waals surface area contributed by atoms with Crippen LogP contribution in [0.3, 0.4) is 0 Å². The molecule has 0 aromatic heterocycles. The van der Waals surface area contributed by atoms with E-state index in [0.717, 1.165) is 49.2 Å². The van der Waals surface area contributed by atoms with Gasteiger partial charge in [0.1, 0.15) is 11.5 Å². The summed E-state index contributed by atoms with van der Waals surface area (Å²) < 4.78 is 17.0. The molecule has 0 spiro atoms. The SMILES string of the molecule is CCCCCCOC1CCC(C(=O)Oc2ccc(OC(=O)c3ccc(S)cc3C)cc2)CC1.